The molecule has 0 radical (unpaired) electrons. The number of nitrogen functional groups attached to an aromatic ring is 1. The molecule has 1 amide bonds. The summed E-state index contributed by atoms with van der Waals surface area (Å²) >= 11 is 0. The number of nitrogens with zero attached hydrogens (tertiary/aromatic N) is 4. The first-order valence-corrected chi connectivity index (χ1v) is 5.62. The lowest BCUT2D eigenvalue weighted by atomic mass is 10.4. The first kappa shape index (κ1) is 12.8. The number of primary amides is 1. The molecule has 0 saturated heterocycles. The van der Waals surface area contributed by atoms with Gasteiger partial charge >= 0.3 is 0 Å². The molecule has 2 heterocycles. The van der Waals surface area contributed by atoms with Gasteiger partial charge in [0, 0.05) is 6.20 Å². The number of ether oxygens (including phenoxy) is 1. The van der Waals surface area contributed by atoms with E-state index in [-0.39, 0.29) is 23.4 Å². The highest BCUT2D eigenvalue weighted by Crippen LogP contribution is 2.24. The number of amides is 1. The number of carbonyl (C=O) groups is 1. The van der Waals surface area contributed by atoms with Crippen LogP contribution in [0.25, 0.3) is 5.82 Å². The Bertz CT molecular complexity index is 607. The molecule has 0 aliphatic rings. The maximum absolute atomic E-state index is 11.0. The second-order valence-electron chi connectivity index (χ2n) is 4.09. The summed E-state index contributed by atoms with van der Waals surface area (Å²) in [4.78, 5) is 19.0. The molecule has 2 aromatic rings. The van der Waals surface area contributed by atoms with Crippen LogP contribution >= 0.6 is 0 Å². The van der Waals surface area contributed by atoms with Gasteiger partial charge in [-0.25, -0.2) is 9.67 Å². The largest absolute Gasteiger partial charge is 0.473 e. The van der Waals surface area contributed by atoms with Gasteiger partial charge in [-0.15, -0.1) is 0 Å². The summed E-state index contributed by atoms with van der Waals surface area (Å²) in [6.45, 7) is 3.72. The number of rotatable bonds is 4. The third kappa shape index (κ3) is 2.62. The topological polar surface area (TPSA) is 122 Å². The highest BCUT2D eigenvalue weighted by atomic mass is 16.5. The van der Waals surface area contributed by atoms with E-state index in [4.69, 9.17) is 16.2 Å². The van der Waals surface area contributed by atoms with Crippen LogP contribution in [0.15, 0.2) is 18.6 Å². The van der Waals surface area contributed by atoms with Gasteiger partial charge in [0.15, 0.2) is 5.82 Å². The van der Waals surface area contributed by atoms with Crippen molar-refractivity contribution in [2.24, 2.45) is 5.73 Å². The summed E-state index contributed by atoms with van der Waals surface area (Å²) in [6, 6.07) is 1.48. The van der Waals surface area contributed by atoms with Crippen molar-refractivity contribution in [2.75, 3.05) is 5.73 Å². The predicted molar refractivity (Wildman–Crippen MR) is 67.8 cm³/mol. The van der Waals surface area contributed by atoms with Crippen molar-refractivity contribution in [3.63, 3.8) is 0 Å². The maximum Gasteiger partial charge on any atom is 0.269 e. The number of anilines is 1. The Morgan fingerprint density at radius 2 is 2.16 bits per heavy atom. The van der Waals surface area contributed by atoms with Gasteiger partial charge in [-0.05, 0) is 19.9 Å². The van der Waals surface area contributed by atoms with Crippen molar-refractivity contribution in [3.05, 3.63) is 24.3 Å². The molecule has 0 bridgehead atoms. The quantitative estimate of drug-likeness (QED) is 0.807. The third-order valence-corrected chi connectivity index (χ3v) is 2.23. The fraction of sp³-hybridized carbons (Fsp3) is 0.273. The molecule has 0 fully saturated rings. The Kier molecular flexibility index (Phi) is 3.32. The molecule has 2 aromatic heterocycles. The molecule has 19 heavy (non-hydrogen) atoms. The van der Waals surface area contributed by atoms with Crippen LogP contribution in [-0.4, -0.2) is 31.8 Å². The fourth-order valence-corrected chi connectivity index (χ4v) is 1.44. The molecule has 0 aromatic carbocycles. The van der Waals surface area contributed by atoms with Crippen LogP contribution in [0.3, 0.4) is 0 Å². The molecule has 8 heteroatoms. The van der Waals surface area contributed by atoms with Gasteiger partial charge < -0.3 is 16.2 Å². The summed E-state index contributed by atoms with van der Waals surface area (Å²) < 4.78 is 6.80. The minimum atomic E-state index is -0.620. The van der Waals surface area contributed by atoms with E-state index < -0.39 is 5.91 Å². The third-order valence-electron chi connectivity index (χ3n) is 2.23. The molecule has 0 unspecified atom stereocenters. The van der Waals surface area contributed by atoms with Gasteiger partial charge in [-0.2, -0.15) is 10.1 Å². The molecule has 2 rings (SSSR count). The monoisotopic (exact) mass is 262 g/mol. The highest BCUT2D eigenvalue weighted by molar-refractivity contribution is 5.90. The molecule has 0 atom stereocenters. The molecule has 4 N–H and O–H groups in total. The number of nitrogens with two attached hydrogens (primary N) is 2. The van der Waals surface area contributed by atoms with Crippen molar-refractivity contribution in [3.8, 4) is 11.7 Å². The minimum absolute atomic E-state index is 0.0659. The van der Waals surface area contributed by atoms with Crippen LogP contribution in [0, 0.1) is 0 Å². The van der Waals surface area contributed by atoms with Crippen LogP contribution < -0.4 is 16.2 Å². The number of hydrogen-bond donors (Lipinski definition) is 2. The van der Waals surface area contributed by atoms with Crippen LogP contribution in [0.1, 0.15) is 24.3 Å². The van der Waals surface area contributed by atoms with Gasteiger partial charge in [0.05, 0.1) is 6.10 Å². The summed E-state index contributed by atoms with van der Waals surface area (Å²) in [5, 5.41) is 3.98. The van der Waals surface area contributed by atoms with E-state index in [1.54, 1.807) is 0 Å². The summed E-state index contributed by atoms with van der Waals surface area (Å²) in [5.41, 5.74) is 11.4. The van der Waals surface area contributed by atoms with Crippen molar-refractivity contribution in [1.29, 1.82) is 0 Å². The van der Waals surface area contributed by atoms with E-state index in [9.17, 15) is 4.79 Å². The lowest BCUT2D eigenvalue weighted by Gasteiger charge is -2.12. The van der Waals surface area contributed by atoms with E-state index in [0.717, 1.165) is 0 Å². The Morgan fingerprint density at radius 1 is 1.42 bits per heavy atom. The second kappa shape index (κ2) is 4.92. The Balaban J connectivity index is 2.41. The van der Waals surface area contributed by atoms with Gasteiger partial charge in [0.2, 0.25) is 5.88 Å². The highest BCUT2D eigenvalue weighted by Gasteiger charge is 2.14. The Morgan fingerprint density at radius 3 is 2.74 bits per heavy atom. The van der Waals surface area contributed by atoms with Crippen molar-refractivity contribution in [1.82, 2.24) is 19.7 Å². The first-order chi connectivity index (χ1) is 8.99. The normalized spacial score (nSPS) is 10.7. The van der Waals surface area contributed by atoms with Crippen LogP contribution in [0.5, 0.6) is 5.88 Å². The van der Waals surface area contributed by atoms with Crippen LogP contribution in [0.4, 0.5) is 5.69 Å². The molecule has 8 nitrogen and oxygen atoms in total. The molecular weight excluding hydrogens is 248 g/mol. The van der Waals surface area contributed by atoms with E-state index in [2.05, 4.69) is 15.1 Å². The predicted octanol–water partition coefficient (Wildman–Crippen LogP) is 0.131. The van der Waals surface area contributed by atoms with Crippen LogP contribution in [-0.2, 0) is 0 Å². The summed E-state index contributed by atoms with van der Waals surface area (Å²) in [6.07, 6.45) is 2.79. The number of aromatic nitrogens is 4. The van der Waals surface area contributed by atoms with Crippen molar-refractivity contribution >= 4 is 11.6 Å². The van der Waals surface area contributed by atoms with E-state index >= 15 is 0 Å². The van der Waals surface area contributed by atoms with E-state index in [0.29, 0.717) is 5.82 Å². The number of carbonyl (C=O) groups excluding carboxylic acids is 1. The second-order valence-corrected chi connectivity index (χ2v) is 4.09. The molecular formula is C11H14N6O2. The average molecular weight is 262 g/mol. The minimum Gasteiger partial charge on any atom is -0.473 e. The van der Waals surface area contributed by atoms with Crippen LogP contribution in [0.2, 0.25) is 0 Å². The van der Waals surface area contributed by atoms with E-state index in [1.807, 2.05) is 13.8 Å². The summed E-state index contributed by atoms with van der Waals surface area (Å²) in [5.74, 6) is -0.0145. The molecule has 0 saturated carbocycles. The van der Waals surface area contributed by atoms with Gasteiger partial charge in [0.25, 0.3) is 5.91 Å². The molecule has 100 valence electrons. The summed E-state index contributed by atoms with van der Waals surface area (Å²) in [7, 11) is 0. The zero-order valence-corrected chi connectivity index (χ0v) is 10.6. The fourth-order valence-electron chi connectivity index (χ4n) is 1.44. The lowest BCUT2D eigenvalue weighted by molar-refractivity contribution is 0.0995. The standard InChI is InChI=1S/C11H14N6O2/c1-6(2)19-11-8(12)10(14-5-15-11)17-4-3-7(16-17)9(13)18/h3-6H,12H2,1-2H3,(H2,13,18). The molecule has 0 aliphatic heterocycles. The van der Waals surface area contributed by atoms with Crippen molar-refractivity contribution < 1.29 is 9.53 Å². The number of hydrogen-bond acceptors (Lipinski definition) is 6. The van der Waals surface area contributed by atoms with E-state index in [1.165, 1.54) is 23.3 Å². The van der Waals surface area contributed by atoms with Gasteiger partial charge in [0.1, 0.15) is 17.7 Å². The maximum atomic E-state index is 11.0. The Hall–Kier alpha value is -2.64. The zero-order valence-electron chi connectivity index (χ0n) is 10.6. The van der Waals surface area contributed by atoms with Gasteiger partial charge in [-0.1, -0.05) is 0 Å². The molecule has 0 spiro atoms. The average Bonchev–Trinajstić information content (AvgIpc) is 2.80. The zero-order chi connectivity index (χ0) is 14.0. The first-order valence-electron chi connectivity index (χ1n) is 5.62. The SMILES string of the molecule is CC(C)Oc1ncnc(-n2ccc(C(N)=O)n2)c1N. The Labute approximate surface area is 109 Å². The van der Waals surface area contributed by atoms with Crippen molar-refractivity contribution in [2.45, 2.75) is 20.0 Å². The van der Waals surface area contributed by atoms with Gasteiger partial charge in [-0.3, -0.25) is 4.79 Å². The molecule has 0 aliphatic carbocycles. The smallest absolute Gasteiger partial charge is 0.269 e. The lowest BCUT2D eigenvalue weighted by Crippen LogP contribution is -2.14.